The van der Waals surface area contributed by atoms with Gasteiger partial charge in [0.1, 0.15) is 6.10 Å². The molecule has 0 aromatic carbocycles. The minimum Gasteiger partial charge on any atom is -0.456 e. The van der Waals surface area contributed by atoms with Crippen molar-refractivity contribution in [1.29, 1.82) is 0 Å². The van der Waals surface area contributed by atoms with Gasteiger partial charge in [-0.2, -0.15) is 0 Å². The number of carbonyl (C=O) groups is 1. The highest BCUT2D eigenvalue weighted by molar-refractivity contribution is 7.10. The van der Waals surface area contributed by atoms with Crippen LogP contribution in [0.1, 0.15) is 24.3 Å². The molecule has 0 fully saturated rings. The molecule has 0 aliphatic heterocycles. The van der Waals surface area contributed by atoms with Gasteiger partial charge in [0.05, 0.1) is 0 Å². The standard InChI is InChI=1S/C10H12O2S/c1-3-5-9(12-8(2)11)10-6-4-7-13-10/h3-4,6-7,9H,1,5H2,2H3/t9-/m1/s1. The normalized spacial score (nSPS) is 12.1. The molecule has 0 aliphatic rings. The first-order valence-electron chi connectivity index (χ1n) is 4.05. The fourth-order valence-electron chi connectivity index (χ4n) is 1.05. The summed E-state index contributed by atoms with van der Waals surface area (Å²) in [6, 6.07) is 3.90. The van der Waals surface area contributed by atoms with Crippen LogP contribution in [0.3, 0.4) is 0 Å². The second-order valence-corrected chi connectivity index (χ2v) is 3.62. The Balaban J connectivity index is 2.67. The third-order valence-corrected chi connectivity index (χ3v) is 2.51. The van der Waals surface area contributed by atoms with Crippen LogP contribution in [0.2, 0.25) is 0 Å². The zero-order valence-corrected chi connectivity index (χ0v) is 8.34. The maximum Gasteiger partial charge on any atom is 0.303 e. The number of esters is 1. The highest BCUT2D eigenvalue weighted by Crippen LogP contribution is 2.25. The number of hydrogen-bond donors (Lipinski definition) is 0. The van der Waals surface area contributed by atoms with E-state index in [1.54, 1.807) is 17.4 Å². The lowest BCUT2D eigenvalue weighted by molar-refractivity contribution is -0.146. The summed E-state index contributed by atoms with van der Waals surface area (Å²) in [5.74, 6) is -0.250. The van der Waals surface area contributed by atoms with Crippen molar-refractivity contribution < 1.29 is 9.53 Å². The molecular formula is C10H12O2S. The molecule has 1 heterocycles. The molecule has 0 unspecified atom stereocenters. The number of ether oxygens (including phenoxy) is 1. The van der Waals surface area contributed by atoms with E-state index < -0.39 is 0 Å². The Morgan fingerprint density at radius 1 is 1.85 bits per heavy atom. The summed E-state index contributed by atoms with van der Waals surface area (Å²) in [5.41, 5.74) is 0. The number of carbonyl (C=O) groups excluding carboxylic acids is 1. The van der Waals surface area contributed by atoms with Crippen molar-refractivity contribution in [2.45, 2.75) is 19.4 Å². The molecule has 2 nitrogen and oxygen atoms in total. The Kier molecular flexibility index (Phi) is 3.71. The van der Waals surface area contributed by atoms with Gasteiger partial charge >= 0.3 is 5.97 Å². The van der Waals surface area contributed by atoms with Crippen molar-refractivity contribution >= 4 is 17.3 Å². The van der Waals surface area contributed by atoms with E-state index in [1.165, 1.54) is 6.92 Å². The maximum atomic E-state index is 10.8. The highest BCUT2D eigenvalue weighted by atomic mass is 32.1. The van der Waals surface area contributed by atoms with Crippen molar-refractivity contribution in [3.8, 4) is 0 Å². The minimum absolute atomic E-state index is 0.157. The summed E-state index contributed by atoms with van der Waals surface area (Å²) in [4.78, 5) is 11.8. The second-order valence-electron chi connectivity index (χ2n) is 2.64. The number of rotatable bonds is 4. The quantitative estimate of drug-likeness (QED) is 0.546. The van der Waals surface area contributed by atoms with Gasteiger partial charge in [0, 0.05) is 18.2 Å². The highest BCUT2D eigenvalue weighted by Gasteiger charge is 2.13. The minimum atomic E-state index is -0.250. The van der Waals surface area contributed by atoms with Crippen molar-refractivity contribution in [3.05, 3.63) is 35.0 Å². The van der Waals surface area contributed by atoms with E-state index in [-0.39, 0.29) is 12.1 Å². The van der Waals surface area contributed by atoms with Crippen LogP contribution in [0.5, 0.6) is 0 Å². The smallest absolute Gasteiger partial charge is 0.303 e. The van der Waals surface area contributed by atoms with E-state index in [2.05, 4.69) is 6.58 Å². The molecule has 3 heteroatoms. The van der Waals surface area contributed by atoms with Crippen LogP contribution in [0.25, 0.3) is 0 Å². The summed E-state index contributed by atoms with van der Waals surface area (Å²) in [6.07, 6.45) is 2.27. The van der Waals surface area contributed by atoms with E-state index in [0.29, 0.717) is 6.42 Å². The number of thiophene rings is 1. The molecular weight excluding hydrogens is 184 g/mol. The topological polar surface area (TPSA) is 26.3 Å². The summed E-state index contributed by atoms with van der Waals surface area (Å²) in [6.45, 7) is 5.05. The van der Waals surface area contributed by atoms with Gasteiger partial charge < -0.3 is 4.74 Å². The first-order chi connectivity index (χ1) is 6.24. The molecule has 0 saturated heterocycles. The van der Waals surface area contributed by atoms with Crippen LogP contribution >= 0.6 is 11.3 Å². The van der Waals surface area contributed by atoms with Crippen molar-refractivity contribution in [1.82, 2.24) is 0 Å². The van der Waals surface area contributed by atoms with Gasteiger partial charge in [-0.05, 0) is 11.4 Å². The molecule has 0 aliphatic carbocycles. The van der Waals surface area contributed by atoms with Crippen LogP contribution in [0, 0.1) is 0 Å². The van der Waals surface area contributed by atoms with Gasteiger partial charge in [-0.1, -0.05) is 12.1 Å². The van der Waals surface area contributed by atoms with E-state index >= 15 is 0 Å². The van der Waals surface area contributed by atoms with E-state index in [9.17, 15) is 4.79 Å². The van der Waals surface area contributed by atoms with Gasteiger partial charge in [-0.15, -0.1) is 17.9 Å². The number of hydrogen-bond acceptors (Lipinski definition) is 3. The summed E-state index contributed by atoms with van der Waals surface area (Å²) < 4.78 is 5.14. The Labute approximate surface area is 81.8 Å². The average molecular weight is 196 g/mol. The molecule has 0 spiro atoms. The molecule has 1 atom stereocenters. The lowest BCUT2D eigenvalue weighted by Gasteiger charge is -2.12. The SMILES string of the molecule is C=CC[C@@H](OC(C)=O)c1cccs1. The molecule has 0 radical (unpaired) electrons. The molecule has 0 bridgehead atoms. The van der Waals surface area contributed by atoms with E-state index in [0.717, 1.165) is 4.88 Å². The van der Waals surface area contributed by atoms with Crippen LogP contribution in [-0.2, 0) is 9.53 Å². The Morgan fingerprint density at radius 2 is 2.62 bits per heavy atom. The van der Waals surface area contributed by atoms with Gasteiger partial charge in [0.2, 0.25) is 0 Å². The summed E-state index contributed by atoms with van der Waals surface area (Å²) in [5, 5.41) is 1.97. The Hall–Kier alpha value is -1.09. The Morgan fingerprint density at radius 3 is 3.08 bits per heavy atom. The van der Waals surface area contributed by atoms with E-state index in [1.807, 2.05) is 17.5 Å². The maximum absolute atomic E-state index is 10.8. The first-order valence-corrected chi connectivity index (χ1v) is 4.93. The molecule has 1 aromatic heterocycles. The summed E-state index contributed by atoms with van der Waals surface area (Å²) >= 11 is 1.59. The lowest BCUT2D eigenvalue weighted by Crippen LogP contribution is -2.06. The predicted molar refractivity (Wildman–Crippen MR) is 53.6 cm³/mol. The molecule has 13 heavy (non-hydrogen) atoms. The fourth-order valence-corrected chi connectivity index (χ4v) is 1.82. The third-order valence-electron chi connectivity index (χ3n) is 1.55. The zero-order chi connectivity index (χ0) is 9.68. The summed E-state index contributed by atoms with van der Waals surface area (Å²) in [7, 11) is 0. The molecule has 1 rings (SSSR count). The van der Waals surface area contributed by atoms with Gasteiger partial charge in [0.25, 0.3) is 0 Å². The van der Waals surface area contributed by atoms with Gasteiger partial charge in [-0.3, -0.25) is 4.79 Å². The molecule has 70 valence electrons. The lowest BCUT2D eigenvalue weighted by atomic mass is 10.2. The molecule has 0 N–H and O–H groups in total. The molecule has 0 amide bonds. The molecule has 0 saturated carbocycles. The fraction of sp³-hybridized carbons (Fsp3) is 0.300. The van der Waals surface area contributed by atoms with Gasteiger partial charge in [-0.25, -0.2) is 0 Å². The van der Waals surface area contributed by atoms with Crippen molar-refractivity contribution in [2.24, 2.45) is 0 Å². The van der Waals surface area contributed by atoms with Crippen molar-refractivity contribution in [2.75, 3.05) is 0 Å². The largest absolute Gasteiger partial charge is 0.456 e. The van der Waals surface area contributed by atoms with Crippen LogP contribution in [0.4, 0.5) is 0 Å². The van der Waals surface area contributed by atoms with Crippen LogP contribution in [0.15, 0.2) is 30.2 Å². The van der Waals surface area contributed by atoms with Crippen LogP contribution in [-0.4, -0.2) is 5.97 Å². The second kappa shape index (κ2) is 4.82. The average Bonchev–Trinajstić information content (AvgIpc) is 2.54. The van der Waals surface area contributed by atoms with E-state index in [4.69, 9.17) is 4.74 Å². The van der Waals surface area contributed by atoms with Gasteiger partial charge in [0.15, 0.2) is 0 Å². The van der Waals surface area contributed by atoms with Crippen LogP contribution < -0.4 is 0 Å². The third kappa shape index (κ3) is 3.03. The Bertz CT molecular complexity index is 277. The van der Waals surface area contributed by atoms with Crippen molar-refractivity contribution in [3.63, 3.8) is 0 Å². The molecule has 1 aromatic rings. The zero-order valence-electron chi connectivity index (χ0n) is 7.53. The monoisotopic (exact) mass is 196 g/mol. The first kappa shape index (κ1) is 9.99. The predicted octanol–water partition coefficient (Wildman–Crippen LogP) is 2.93.